The smallest absolute Gasteiger partial charge is 0.320 e. The zero-order valence-electron chi connectivity index (χ0n) is 12.2. The highest BCUT2D eigenvalue weighted by Gasteiger charge is 2.51. The van der Waals surface area contributed by atoms with Crippen LogP contribution in [0.4, 0.5) is 0 Å². The van der Waals surface area contributed by atoms with Gasteiger partial charge in [0, 0.05) is 18.6 Å². The molecule has 1 saturated carbocycles. The lowest BCUT2D eigenvalue weighted by Crippen LogP contribution is -2.61. The van der Waals surface area contributed by atoms with Gasteiger partial charge in [-0.15, -0.1) is 0 Å². The number of likely N-dealkylation sites (tertiary alicyclic amines) is 1. The monoisotopic (exact) mass is 278 g/mol. The fourth-order valence-corrected chi connectivity index (χ4v) is 5.47. The Morgan fingerprint density at radius 2 is 1.70 bits per heavy atom. The Balaban J connectivity index is 1.61. The molecular weight excluding hydrogens is 252 g/mol. The molecule has 4 aliphatic heterocycles. The highest BCUT2D eigenvalue weighted by atomic mass is 16.4. The lowest BCUT2D eigenvalue weighted by molar-refractivity contribution is -0.145. The van der Waals surface area contributed by atoms with E-state index < -0.39 is 5.97 Å². The average Bonchev–Trinajstić information content (AvgIpc) is 2.88. The second-order valence-electron chi connectivity index (χ2n) is 7.35. The summed E-state index contributed by atoms with van der Waals surface area (Å²) < 4.78 is 0. The van der Waals surface area contributed by atoms with Gasteiger partial charge in [-0.05, 0) is 57.0 Å². The summed E-state index contributed by atoms with van der Waals surface area (Å²) in [6.07, 6.45) is 8.56. The van der Waals surface area contributed by atoms with Crippen LogP contribution < -0.4 is 0 Å². The van der Waals surface area contributed by atoms with Gasteiger partial charge in [0.15, 0.2) is 0 Å². The molecule has 1 aliphatic carbocycles. The van der Waals surface area contributed by atoms with Gasteiger partial charge in [0.2, 0.25) is 0 Å². The van der Waals surface area contributed by atoms with Crippen molar-refractivity contribution in [3.63, 3.8) is 0 Å². The second-order valence-corrected chi connectivity index (χ2v) is 7.35. The molecule has 0 aromatic rings. The summed E-state index contributed by atoms with van der Waals surface area (Å²) in [5.41, 5.74) is 0. The number of aliphatic carboxylic acids is 1. The van der Waals surface area contributed by atoms with Gasteiger partial charge in [-0.1, -0.05) is 12.8 Å². The van der Waals surface area contributed by atoms with E-state index in [0.717, 1.165) is 18.9 Å². The molecule has 5 aliphatic rings. The van der Waals surface area contributed by atoms with Crippen LogP contribution in [0.5, 0.6) is 0 Å². The molecule has 5 rings (SSSR count). The Kier molecular flexibility index (Phi) is 3.26. The van der Waals surface area contributed by atoms with Crippen LogP contribution in [0.1, 0.15) is 44.9 Å². The van der Waals surface area contributed by atoms with Crippen molar-refractivity contribution >= 4 is 5.97 Å². The first-order valence-corrected chi connectivity index (χ1v) is 8.46. The number of carboxylic acid groups (broad SMARTS) is 1. The number of carboxylic acids is 1. The van der Waals surface area contributed by atoms with E-state index in [1.165, 1.54) is 51.6 Å². The van der Waals surface area contributed by atoms with E-state index in [1.807, 2.05) is 0 Å². The molecule has 0 spiro atoms. The molecule has 0 amide bonds. The molecular formula is C16H26N2O2. The third kappa shape index (κ3) is 2.00. The summed E-state index contributed by atoms with van der Waals surface area (Å²) in [5.74, 6) is 0.832. The molecule has 4 nitrogen and oxygen atoms in total. The van der Waals surface area contributed by atoms with Crippen molar-refractivity contribution in [2.24, 2.45) is 11.8 Å². The normalized spacial score (nSPS) is 48.2. The van der Waals surface area contributed by atoms with E-state index in [-0.39, 0.29) is 6.04 Å². The van der Waals surface area contributed by atoms with Crippen LogP contribution >= 0.6 is 0 Å². The lowest BCUT2D eigenvalue weighted by atomic mass is 9.80. The summed E-state index contributed by atoms with van der Waals surface area (Å²) in [5, 5.41) is 9.68. The van der Waals surface area contributed by atoms with E-state index in [9.17, 15) is 9.90 Å². The van der Waals surface area contributed by atoms with Gasteiger partial charge in [0.25, 0.3) is 0 Å². The number of hydrogen-bond donors (Lipinski definition) is 1. The van der Waals surface area contributed by atoms with Gasteiger partial charge in [0.05, 0.1) is 0 Å². The van der Waals surface area contributed by atoms with Gasteiger partial charge in [-0.3, -0.25) is 9.69 Å². The fraction of sp³-hybridized carbons (Fsp3) is 0.938. The van der Waals surface area contributed by atoms with Crippen LogP contribution in [0.15, 0.2) is 0 Å². The summed E-state index contributed by atoms with van der Waals surface area (Å²) >= 11 is 0. The second kappa shape index (κ2) is 4.99. The van der Waals surface area contributed by atoms with Crippen molar-refractivity contribution in [3.8, 4) is 0 Å². The molecule has 4 heteroatoms. The van der Waals surface area contributed by atoms with Crippen LogP contribution in [-0.2, 0) is 4.79 Å². The molecule has 0 aromatic heterocycles. The lowest BCUT2D eigenvalue weighted by Gasteiger charge is -2.51. The minimum atomic E-state index is -0.573. The predicted molar refractivity (Wildman–Crippen MR) is 76.6 cm³/mol. The molecule has 4 heterocycles. The van der Waals surface area contributed by atoms with Crippen LogP contribution in [0.3, 0.4) is 0 Å². The first kappa shape index (κ1) is 13.1. The first-order valence-electron chi connectivity index (χ1n) is 8.46. The minimum absolute atomic E-state index is 0.200. The molecule has 112 valence electrons. The number of piperidine rings is 3. The largest absolute Gasteiger partial charge is 0.480 e. The van der Waals surface area contributed by atoms with Gasteiger partial charge >= 0.3 is 5.97 Å². The fourth-order valence-electron chi connectivity index (χ4n) is 5.47. The van der Waals surface area contributed by atoms with Crippen LogP contribution in [0.2, 0.25) is 0 Å². The molecule has 20 heavy (non-hydrogen) atoms. The maximum Gasteiger partial charge on any atom is 0.320 e. The van der Waals surface area contributed by atoms with Crippen molar-refractivity contribution in [1.82, 2.24) is 9.80 Å². The molecule has 4 unspecified atom stereocenters. The summed E-state index contributed by atoms with van der Waals surface area (Å²) in [6.45, 7) is 3.60. The maximum atomic E-state index is 11.7. The maximum absolute atomic E-state index is 11.7. The number of hydrogen-bond acceptors (Lipinski definition) is 3. The summed E-state index contributed by atoms with van der Waals surface area (Å²) in [6, 6.07) is 0.885. The van der Waals surface area contributed by atoms with Crippen molar-refractivity contribution in [2.45, 2.75) is 63.1 Å². The van der Waals surface area contributed by atoms with Crippen molar-refractivity contribution in [2.75, 3.05) is 19.6 Å². The quantitative estimate of drug-likeness (QED) is 0.836. The molecule has 5 fully saturated rings. The zero-order chi connectivity index (χ0) is 13.7. The molecule has 4 saturated heterocycles. The minimum Gasteiger partial charge on any atom is -0.480 e. The number of fused-ring (bicyclic) bond motifs is 4. The van der Waals surface area contributed by atoms with E-state index >= 15 is 0 Å². The highest BCUT2D eigenvalue weighted by Crippen LogP contribution is 2.44. The Labute approximate surface area is 121 Å². The molecule has 4 atom stereocenters. The van der Waals surface area contributed by atoms with E-state index in [2.05, 4.69) is 9.80 Å². The average molecular weight is 278 g/mol. The third-order valence-corrected chi connectivity index (χ3v) is 6.43. The Morgan fingerprint density at radius 3 is 2.35 bits per heavy atom. The summed E-state index contributed by atoms with van der Waals surface area (Å²) in [4.78, 5) is 16.8. The Bertz CT molecular complexity index is 392. The molecule has 2 bridgehead atoms. The standard InChI is InChI=1S/C16H26N2O2/c19-16(20)14-9-12-3-1-2-4-13(12)18(14)15-10-17-7-5-11(15)6-8-17/h11-15H,1-10H2,(H,19,20). The predicted octanol–water partition coefficient (Wildman–Crippen LogP) is 1.80. The van der Waals surface area contributed by atoms with Gasteiger partial charge in [-0.2, -0.15) is 0 Å². The number of nitrogens with zero attached hydrogens (tertiary/aromatic N) is 2. The SMILES string of the molecule is O=C(O)C1CC2CCCCC2N1C1CN2CCC1CC2. The van der Waals surface area contributed by atoms with Gasteiger partial charge in [0.1, 0.15) is 6.04 Å². The van der Waals surface area contributed by atoms with Crippen molar-refractivity contribution in [1.29, 1.82) is 0 Å². The zero-order valence-corrected chi connectivity index (χ0v) is 12.2. The van der Waals surface area contributed by atoms with Crippen LogP contribution in [-0.4, -0.2) is 58.6 Å². The van der Waals surface area contributed by atoms with Crippen LogP contribution in [0, 0.1) is 11.8 Å². The molecule has 0 aromatic carbocycles. The first-order chi connectivity index (χ1) is 9.74. The van der Waals surface area contributed by atoms with E-state index in [4.69, 9.17) is 0 Å². The van der Waals surface area contributed by atoms with Gasteiger partial charge in [-0.25, -0.2) is 0 Å². The molecule has 1 N–H and O–H groups in total. The van der Waals surface area contributed by atoms with Gasteiger partial charge < -0.3 is 10.0 Å². The molecule has 0 radical (unpaired) electrons. The third-order valence-electron chi connectivity index (χ3n) is 6.43. The number of rotatable bonds is 2. The van der Waals surface area contributed by atoms with Crippen molar-refractivity contribution in [3.05, 3.63) is 0 Å². The van der Waals surface area contributed by atoms with Crippen LogP contribution in [0.25, 0.3) is 0 Å². The van der Waals surface area contributed by atoms with E-state index in [0.29, 0.717) is 18.0 Å². The van der Waals surface area contributed by atoms with E-state index in [1.54, 1.807) is 0 Å². The topological polar surface area (TPSA) is 43.8 Å². The van der Waals surface area contributed by atoms with Crippen molar-refractivity contribution < 1.29 is 9.90 Å². The highest BCUT2D eigenvalue weighted by molar-refractivity contribution is 5.74. The summed E-state index contributed by atoms with van der Waals surface area (Å²) in [7, 11) is 0. The Hall–Kier alpha value is -0.610. The Morgan fingerprint density at radius 1 is 0.950 bits per heavy atom. The number of carbonyl (C=O) groups is 1.